The Bertz CT molecular complexity index is 936. The van der Waals surface area contributed by atoms with Crippen molar-refractivity contribution >= 4 is 17.6 Å². The van der Waals surface area contributed by atoms with Crippen molar-refractivity contribution in [3.05, 3.63) is 54.4 Å². The number of nitrogens with zero attached hydrogens (tertiary/aromatic N) is 5. The maximum absolute atomic E-state index is 6.08. The molecule has 0 aliphatic heterocycles. The van der Waals surface area contributed by atoms with Crippen LogP contribution in [0.4, 0.5) is 17.6 Å². The molecule has 0 amide bonds. The minimum absolute atomic E-state index is 0.260. The molecule has 0 saturated heterocycles. The Balaban J connectivity index is 1.68. The van der Waals surface area contributed by atoms with Gasteiger partial charge in [-0.15, -0.1) is 0 Å². The van der Waals surface area contributed by atoms with Gasteiger partial charge in [0.05, 0.1) is 0 Å². The van der Waals surface area contributed by atoms with E-state index < -0.39 is 0 Å². The van der Waals surface area contributed by atoms with Gasteiger partial charge in [0.15, 0.2) is 5.82 Å². The summed E-state index contributed by atoms with van der Waals surface area (Å²) in [5, 5.41) is 0. The molecule has 7 nitrogen and oxygen atoms in total. The van der Waals surface area contributed by atoms with Crippen molar-refractivity contribution in [2.45, 2.75) is 37.6 Å². The van der Waals surface area contributed by atoms with E-state index in [0.29, 0.717) is 17.8 Å². The third-order valence-electron chi connectivity index (χ3n) is 5.36. The highest BCUT2D eigenvalue weighted by atomic mass is 15.2. The van der Waals surface area contributed by atoms with Gasteiger partial charge in [0.25, 0.3) is 0 Å². The Hall–Kier alpha value is -3.06. The number of hydrogen-bond donors (Lipinski definition) is 2. The molecule has 144 valence electrons. The van der Waals surface area contributed by atoms with Crippen LogP contribution in [0.15, 0.2) is 48.8 Å². The number of anilines is 3. The molecule has 0 radical (unpaired) electrons. The van der Waals surface area contributed by atoms with Crippen LogP contribution < -0.4 is 16.4 Å². The zero-order chi connectivity index (χ0) is 19.5. The lowest BCUT2D eigenvalue weighted by Gasteiger charge is -2.29. The summed E-state index contributed by atoms with van der Waals surface area (Å²) in [5.74, 6) is 2.88. The van der Waals surface area contributed by atoms with Crippen LogP contribution in [0.25, 0.3) is 11.4 Å². The quantitative estimate of drug-likeness (QED) is 0.720. The minimum Gasteiger partial charge on any atom is -0.368 e. The highest BCUT2D eigenvalue weighted by Crippen LogP contribution is 2.37. The Morgan fingerprint density at radius 3 is 2.46 bits per heavy atom. The summed E-state index contributed by atoms with van der Waals surface area (Å²) in [6.45, 7) is 0. The second-order valence-electron chi connectivity index (χ2n) is 7.28. The lowest BCUT2D eigenvalue weighted by molar-refractivity contribution is 0.395. The highest BCUT2D eigenvalue weighted by molar-refractivity contribution is 5.63. The predicted octanol–water partition coefficient (Wildman–Crippen LogP) is 3.27. The number of hydrogen-bond acceptors (Lipinski definition) is 7. The molecule has 0 unspecified atom stereocenters. The Labute approximate surface area is 164 Å². The van der Waals surface area contributed by atoms with E-state index in [1.54, 1.807) is 6.20 Å². The summed E-state index contributed by atoms with van der Waals surface area (Å²) in [4.78, 5) is 19.9. The zero-order valence-electron chi connectivity index (χ0n) is 16.0. The van der Waals surface area contributed by atoms with Gasteiger partial charge >= 0.3 is 0 Å². The maximum Gasteiger partial charge on any atom is 0.221 e. The lowest BCUT2D eigenvalue weighted by atomic mass is 9.82. The first-order valence-corrected chi connectivity index (χ1v) is 9.62. The monoisotopic (exact) mass is 375 g/mol. The molecule has 1 fully saturated rings. The van der Waals surface area contributed by atoms with E-state index in [9.17, 15) is 0 Å². The largest absolute Gasteiger partial charge is 0.368 e. The molecule has 0 atom stereocenters. The number of nitrogens with two attached hydrogens (primary N) is 2. The van der Waals surface area contributed by atoms with Gasteiger partial charge in [-0.25, -0.2) is 15.0 Å². The van der Waals surface area contributed by atoms with Crippen LogP contribution in [0.2, 0.25) is 0 Å². The van der Waals surface area contributed by atoms with Gasteiger partial charge in [-0.2, -0.15) is 4.98 Å². The third kappa shape index (κ3) is 3.80. The van der Waals surface area contributed by atoms with Crippen LogP contribution in [-0.2, 0) is 0 Å². The van der Waals surface area contributed by atoms with E-state index in [0.717, 1.165) is 48.4 Å². The Morgan fingerprint density at radius 2 is 1.71 bits per heavy atom. The second-order valence-corrected chi connectivity index (χ2v) is 7.28. The summed E-state index contributed by atoms with van der Waals surface area (Å²) in [6.07, 6.45) is 7.73. The minimum atomic E-state index is 0.260. The van der Waals surface area contributed by atoms with E-state index in [4.69, 9.17) is 16.5 Å². The van der Waals surface area contributed by atoms with Crippen molar-refractivity contribution in [2.24, 2.45) is 5.73 Å². The van der Waals surface area contributed by atoms with Crippen LogP contribution in [-0.4, -0.2) is 33.0 Å². The molecule has 28 heavy (non-hydrogen) atoms. The summed E-state index contributed by atoms with van der Waals surface area (Å²) in [6, 6.07) is 12.1. The standard InChI is InChI=1S/C21H25N7/c1-28(18-11-12-24-19(26-18)15-5-3-2-4-6-15)20-17(13-25-21(23)27-20)14-7-9-16(22)10-8-14/h2-6,11-14,16H,7-10,22H2,1H3,(H2,23,25,27). The van der Waals surface area contributed by atoms with Crippen molar-refractivity contribution < 1.29 is 0 Å². The van der Waals surface area contributed by atoms with E-state index in [2.05, 4.69) is 15.0 Å². The van der Waals surface area contributed by atoms with Gasteiger partial charge in [-0.05, 0) is 37.7 Å². The molecule has 1 saturated carbocycles. The predicted molar refractivity (Wildman–Crippen MR) is 111 cm³/mol. The van der Waals surface area contributed by atoms with E-state index in [1.807, 2.05) is 54.5 Å². The summed E-state index contributed by atoms with van der Waals surface area (Å²) in [7, 11) is 1.96. The van der Waals surface area contributed by atoms with Gasteiger partial charge in [0.1, 0.15) is 11.6 Å². The van der Waals surface area contributed by atoms with Gasteiger partial charge in [0, 0.05) is 36.6 Å². The first kappa shape index (κ1) is 18.3. The van der Waals surface area contributed by atoms with E-state index in [-0.39, 0.29) is 5.95 Å². The fourth-order valence-corrected chi connectivity index (χ4v) is 3.75. The molecule has 1 aliphatic rings. The van der Waals surface area contributed by atoms with Gasteiger partial charge in [-0.1, -0.05) is 30.3 Å². The van der Waals surface area contributed by atoms with Crippen LogP contribution in [0.3, 0.4) is 0 Å². The lowest BCUT2D eigenvalue weighted by Crippen LogP contribution is -2.27. The van der Waals surface area contributed by atoms with Crippen molar-refractivity contribution in [1.82, 2.24) is 19.9 Å². The van der Waals surface area contributed by atoms with Gasteiger partial charge in [0.2, 0.25) is 5.95 Å². The molecule has 1 aliphatic carbocycles. The molecule has 7 heteroatoms. The molecular formula is C21H25N7. The maximum atomic E-state index is 6.08. The topological polar surface area (TPSA) is 107 Å². The van der Waals surface area contributed by atoms with Crippen molar-refractivity contribution in [3.63, 3.8) is 0 Å². The summed E-state index contributed by atoms with van der Waals surface area (Å²) in [5.41, 5.74) is 14.1. The summed E-state index contributed by atoms with van der Waals surface area (Å²) >= 11 is 0. The molecular weight excluding hydrogens is 350 g/mol. The summed E-state index contributed by atoms with van der Waals surface area (Å²) < 4.78 is 0. The number of aromatic nitrogens is 4. The molecule has 0 bridgehead atoms. The Kier molecular flexibility index (Phi) is 5.16. The number of benzene rings is 1. The van der Waals surface area contributed by atoms with Crippen LogP contribution in [0, 0.1) is 0 Å². The number of nitrogen functional groups attached to an aromatic ring is 1. The van der Waals surface area contributed by atoms with Crippen LogP contribution >= 0.6 is 0 Å². The van der Waals surface area contributed by atoms with Crippen molar-refractivity contribution in [1.29, 1.82) is 0 Å². The SMILES string of the molecule is CN(c1ccnc(-c2ccccc2)n1)c1nc(N)ncc1C1CCC(N)CC1. The molecule has 4 rings (SSSR count). The molecule has 0 spiro atoms. The highest BCUT2D eigenvalue weighted by Gasteiger charge is 2.25. The fourth-order valence-electron chi connectivity index (χ4n) is 3.75. The Morgan fingerprint density at radius 1 is 0.964 bits per heavy atom. The average molecular weight is 375 g/mol. The van der Waals surface area contributed by atoms with Crippen LogP contribution in [0.5, 0.6) is 0 Å². The van der Waals surface area contributed by atoms with Crippen molar-refractivity contribution in [3.8, 4) is 11.4 Å². The smallest absolute Gasteiger partial charge is 0.221 e. The molecule has 2 heterocycles. The zero-order valence-corrected chi connectivity index (χ0v) is 16.0. The molecule has 4 N–H and O–H groups in total. The van der Waals surface area contributed by atoms with Gasteiger partial charge < -0.3 is 16.4 Å². The molecule has 3 aromatic rings. The van der Waals surface area contributed by atoms with Gasteiger partial charge in [-0.3, -0.25) is 0 Å². The van der Waals surface area contributed by atoms with Crippen molar-refractivity contribution in [2.75, 3.05) is 17.7 Å². The van der Waals surface area contributed by atoms with E-state index in [1.165, 1.54) is 0 Å². The third-order valence-corrected chi connectivity index (χ3v) is 5.36. The first-order chi connectivity index (χ1) is 13.6. The molecule has 1 aromatic carbocycles. The molecule has 2 aromatic heterocycles. The number of rotatable bonds is 4. The average Bonchev–Trinajstić information content (AvgIpc) is 2.75. The normalized spacial score (nSPS) is 19.4. The first-order valence-electron chi connectivity index (χ1n) is 9.62. The fraction of sp³-hybridized carbons (Fsp3) is 0.333. The second kappa shape index (κ2) is 7.90. The van der Waals surface area contributed by atoms with Crippen LogP contribution in [0.1, 0.15) is 37.2 Å². The van der Waals surface area contributed by atoms with E-state index >= 15 is 0 Å².